The van der Waals surface area contributed by atoms with Crippen LogP contribution in [0, 0.1) is 0 Å². The second-order valence-electron chi connectivity index (χ2n) is 2.07. The Bertz CT molecular complexity index is 299. The number of halogens is 5. The summed E-state index contributed by atoms with van der Waals surface area (Å²) in [6.07, 6.45) is -2.63. The van der Waals surface area contributed by atoms with Crippen molar-refractivity contribution >= 4 is 34.8 Å². The Labute approximate surface area is 83.0 Å². The van der Waals surface area contributed by atoms with E-state index in [0.29, 0.717) is 0 Å². The Morgan fingerprint density at radius 1 is 1.00 bits per heavy atom. The highest BCUT2D eigenvalue weighted by molar-refractivity contribution is 6.48. The molecule has 0 nitrogen and oxygen atoms in total. The van der Waals surface area contributed by atoms with Crippen molar-refractivity contribution in [2.24, 2.45) is 0 Å². The molecule has 5 heteroatoms. The molecule has 0 fully saturated rings. The van der Waals surface area contributed by atoms with Crippen molar-refractivity contribution in [2.75, 3.05) is 0 Å². The van der Waals surface area contributed by atoms with E-state index in [4.69, 9.17) is 34.8 Å². The van der Waals surface area contributed by atoms with Crippen LogP contribution in [0.1, 0.15) is 12.0 Å². The minimum atomic E-state index is -2.63. The molecule has 0 aliphatic rings. The van der Waals surface area contributed by atoms with E-state index in [9.17, 15) is 8.78 Å². The zero-order valence-electron chi connectivity index (χ0n) is 5.62. The van der Waals surface area contributed by atoms with Crippen molar-refractivity contribution in [3.05, 3.63) is 32.8 Å². The maximum absolute atomic E-state index is 12.2. The lowest BCUT2D eigenvalue weighted by Crippen LogP contribution is -1.86. The van der Waals surface area contributed by atoms with Gasteiger partial charge in [0.25, 0.3) is 6.43 Å². The van der Waals surface area contributed by atoms with Gasteiger partial charge in [0, 0.05) is 5.56 Å². The summed E-state index contributed by atoms with van der Waals surface area (Å²) in [7, 11) is 0. The summed E-state index contributed by atoms with van der Waals surface area (Å²) in [6.45, 7) is 0. The van der Waals surface area contributed by atoms with Crippen LogP contribution in [0.5, 0.6) is 0 Å². The number of benzene rings is 1. The second-order valence-corrected chi connectivity index (χ2v) is 3.23. The summed E-state index contributed by atoms with van der Waals surface area (Å²) in [5.74, 6) is 0. The average Bonchev–Trinajstić information content (AvgIpc) is 2.00. The van der Waals surface area contributed by atoms with E-state index in [1.165, 1.54) is 6.07 Å². The molecule has 0 spiro atoms. The first kappa shape index (κ1) is 10.0. The summed E-state index contributed by atoms with van der Waals surface area (Å²) < 4.78 is 24.3. The Morgan fingerprint density at radius 3 is 2.08 bits per heavy atom. The topological polar surface area (TPSA) is 0 Å². The van der Waals surface area contributed by atoms with Crippen LogP contribution in [0.4, 0.5) is 8.78 Å². The first-order valence-electron chi connectivity index (χ1n) is 2.95. The standard InChI is InChI=1S/C7H3Cl3F2/c8-4-2-1-3(7(11)12)5(9)6(4)10/h1-2,7H. The van der Waals surface area contributed by atoms with Gasteiger partial charge < -0.3 is 0 Å². The fourth-order valence-electron chi connectivity index (χ4n) is 0.709. The van der Waals surface area contributed by atoms with Gasteiger partial charge in [-0.05, 0) is 6.07 Å². The van der Waals surface area contributed by atoms with Crippen LogP contribution in [0.2, 0.25) is 15.1 Å². The van der Waals surface area contributed by atoms with Crippen molar-refractivity contribution in [3.8, 4) is 0 Å². The lowest BCUT2D eigenvalue weighted by Gasteiger charge is -2.04. The molecule has 0 radical (unpaired) electrons. The van der Waals surface area contributed by atoms with E-state index < -0.39 is 6.43 Å². The fraction of sp³-hybridized carbons (Fsp3) is 0.143. The maximum atomic E-state index is 12.2. The van der Waals surface area contributed by atoms with Gasteiger partial charge in [-0.2, -0.15) is 0 Å². The summed E-state index contributed by atoms with van der Waals surface area (Å²) >= 11 is 16.6. The molecule has 66 valence electrons. The van der Waals surface area contributed by atoms with Gasteiger partial charge in [0.2, 0.25) is 0 Å². The molecule has 0 aliphatic heterocycles. The van der Waals surface area contributed by atoms with E-state index in [0.717, 1.165) is 6.07 Å². The van der Waals surface area contributed by atoms with Crippen molar-refractivity contribution in [1.29, 1.82) is 0 Å². The molecule has 0 aliphatic carbocycles. The number of alkyl halides is 2. The highest BCUT2D eigenvalue weighted by Gasteiger charge is 2.15. The third kappa shape index (κ3) is 1.82. The molecule has 0 aromatic heterocycles. The molecule has 1 aromatic rings. The Hall–Kier alpha value is -0.0500. The highest BCUT2D eigenvalue weighted by atomic mass is 35.5. The second kappa shape index (κ2) is 3.77. The largest absolute Gasteiger partial charge is 0.265 e. The van der Waals surface area contributed by atoms with Crippen LogP contribution in [0.15, 0.2) is 12.1 Å². The van der Waals surface area contributed by atoms with E-state index in [1.807, 2.05) is 0 Å². The van der Waals surface area contributed by atoms with Crippen LogP contribution in [0.25, 0.3) is 0 Å². The molecule has 0 amide bonds. The van der Waals surface area contributed by atoms with Gasteiger partial charge in [-0.25, -0.2) is 8.78 Å². The number of hydrogen-bond donors (Lipinski definition) is 0. The monoisotopic (exact) mass is 230 g/mol. The summed E-state index contributed by atoms with van der Waals surface area (Å²) in [4.78, 5) is 0. The van der Waals surface area contributed by atoms with Crippen molar-refractivity contribution in [2.45, 2.75) is 6.43 Å². The van der Waals surface area contributed by atoms with Gasteiger partial charge in [0.15, 0.2) is 0 Å². The lowest BCUT2D eigenvalue weighted by molar-refractivity contribution is 0.151. The molecule has 0 unspecified atom stereocenters. The third-order valence-electron chi connectivity index (χ3n) is 1.30. The highest BCUT2D eigenvalue weighted by Crippen LogP contribution is 2.36. The van der Waals surface area contributed by atoms with Crippen molar-refractivity contribution < 1.29 is 8.78 Å². The minimum Gasteiger partial charge on any atom is -0.205 e. The van der Waals surface area contributed by atoms with E-state index in [2.05, 4.69) is 0 Å². The summed E-state index contributed by atoms with van der Waals surface area (Å²) in [5.41, 5.74) is -0.300. The number of rotatable bonds is 1. The minimum absolute atomic E-state index is 0.0314. The van der Waals surface area contributed by atoms with Crippen LogP contribution in [0.3, 0.4) is 0 Å². The summed E-state index contributed by atoms with van der Waals surface area (Å²) in [6, 6.07) is 2.44. The van der Waals surface area contributed by atoms with Crippen molar-refractivity contribution in [3.63, 3.8) is 0 Å². The smallest absolute Gasteiger partial charge is 0.205 e. The normalized spacial score (nSPS) is 10.8. The van der Waals surface area contributed by atoms with Gasteiger partial charge >= 0.3 is 0 Å². The molecule has 12 heavy (non-hydrogen) atoms. The molecule has 0 atom stereocenters. The van der Waals surface area contributed by atoms with Gasteiger partial charge in [-0.15, -0.1) is 0 Å². The van der Waals surface area contributed by atoms with Gasteiger partial charge in [-0.1, -0.05) is 40.9 Å². The zero-order chi connectivity index (χ0) is 9.30. The van der Waals surface area contributed by atoms with Gasteiger partial charge in [-0.3, -0.25) is 0 Å². The predicted molar refractivity (Wildman–Crippen MR) is 46.4 cm³/mol. The Morgan fingerprint density at radius 2 is 1.58 bits per heavy atom. The molecule has 0 N–H and O–H groups in total. The molecule has 1 rings (SSSR count). The molecular weight excluding hydrogens is 228 g/mol. The van der Waals surface area contributed by atoms with E-state index in [-0.39, 0.29) is 20.6 Å². The van der Waals surface area contributed by atoms with Crippen LogP contribution in [-0.4, -0.2) is 0 Å². The molecular formula is C7H3Cl3F2. The molecule has 1 aromatic carbocycles. The summed E-state index contributed by atoms with van der Waals surface area (Å²) in [5, 5.41) is -0.0404. The van der Waals surface area contributed by atoms with Gasteiger partial charge in [0.1, 0.15) is 0 Å². The SMILES string of the molecule is FC(F)c1ccc(Cl)c(Cl)c1Cl. The quantitative estimate of drug-likeness (QED) is 0.620. The third-order valence-corrected chi connectivity index (χ3v) is 2.61. The molecule has 0 saturated heterocycles. The zero-order valence-corrected chi connectivity index (χ0v) is 7.89. The predicted octanol–water partition coefficient (Wildman–Crippen LogP) is 4.58. The molecule has 0 bridgehead atoms. The lowest BCUT2D eigenvalue weighted by atomic mass is 10.2. The molecule has 0 saturated carbocycles. The first-order valence-corrected chi connectivity index (χ1v) is 4.09. The maximum Gasteiger partial charge on any atom is 0.265 e. The molecule has 0 heterocycles. The number of hydrogen-bond acceptors (Lipinski definition) is 0. The Balaban J connectivity index is 3.27. The van der Waals surface area contributed by atoms with Crippen LogP contribution < -0.4 is 0 Å². The van der Waals surface area contributed by atoms with Crippen LogP contribution >= 0.6 is 34.8 Å². The van der Waals surface area contributed by atoms with Crippen molar-refractivity contribution in [1.82, 2.24) is 0 Å². The van der Waals surface area contributed by atoms with Gasteiger partial charge in [0.05, 0.1) is 15.1 Å². The Kier molecular flexibility index (Phi) is 3.16. The van der Waals surface area contributed by atoms with E-state index in [1.54, 1.807) is 0 Å². The first-order chi connectivity index (χ1) is 5.54. The van der Waals surface area contributed by atoms with E-state index >= 15 is 0 Å². The fourth-order valence-corrected chi connectivity index (χ4v) is 1.33. The van der Waals surface area contributed by atoms with Crippen LogP contribution in [-0.2, 0) is 0 Å². The average molecular weight is 231 g/mol.